The van der Waals surface area contributed by atoms with Gasteiger partial charge in [0, 0.05) is 12.6 Å². The summed E-state index contributed by atoms with van der Waals surface area (Å²) >= 11 is 0. The standard InChI is InChI=1S/C12H15N3O3/c1-8(16)7-10(9(2)17)14-12(18)15-11-5-3-4-6-13-11/h3-6,10H,7H2,1-2H3,(H2,13,14,15,18). The van der Waals surface area contributed by atoms with Gasteiger partial charge in [0.1, 0.15) is 11.6 Å². The zero-order valence-electron chi connectivity index (χ0n) is 10.3. The molecule has 2 N–H and O–H groups in total. The molecular weight excluding hydrogens is 234 g/mol. The fourth-order valence-electron chi connectivity index (χ4n) is 1.33. The van der Waals surface area contributed by atoms with E-state index in [4.69, 9.17) is 0 Å². The first-order valence-electron chi connectivity index (χ1n) is 5.47. The first-order valence-corrected chi connectivity index (χ1v) is 5.47. The Kier molecular flexibility index (Phi) is 4.98. The van der Waals surface area contributed by atoms with Crippen molar-refractivity contribution < 1.29 is 14.4 Å². The van der Waals surface area contributed by atoms with Gasteiger partial charge in [-0.05, 0) is 26.0 Å². The van der Waals surface area contributed by atoms with Crippen LogP contribution in [0.15, 0.2) is 24.4 Å². The number of carbonyl (C=O) groups is 3. The highest BCUT2D eigenvalue weighted by Crippen LogP contribution is 2.01. The molecule has 0 bridgehead atoms. The minimum Gasteiger partial charge on any atom is -0.328 e. The Morgan fingerprint density at radius 1 is 1.28 bits per heavy atom. The Morgan fingerprint density at radius 3 is 2.50 bits per heavy atom. The highest BCUT2D eigenvalue weighted by atomic mass is 16.2. The predicted molar refractivity (Wildman–Crippen MR) is 66.2 cm³/mol. The Bertz CT molecular complexity index is 445. The van der Waals surface area contributed by atoms with Gasteiger partial charge in [-0.15, -0.1) is 0 Å². The van der Waals surface area contributed by atoms with Crippen molar-refractivity contribution in [1.82, 2.24) is 10.3 Å². The molecule has 0 saturated carbocycles. The third kappa shape index (κ3) is 4.73. The molecule has 0 radical (unpaired) electrons. The van der Waals surface area contributed by atoms with Gasteiger partial charge in [0.05, 0.1) is 6.04 Å². The Labute approximate surface area is 105 Å². The van der Waals surface area contributed by atoms with E-state index in [1.165, 1.54) is 20.0 Å². The van der Waals surface area contributed by atoms with Crippen LogP contribution in [-0.2, 0) is 9.59 Å². The molecule has 6 nitrogen and oxygen atoms in total. The molecule has 1 heterocycles. The van der Waals surface area contributed by atoms with Gasteiger partial charge in [-0.25, -0.2) is 9.78 Å². The number of nitrogens with zero attached hydrogens (tertiary/aromatic N) is 1. The Hall–Kier alpha value is -2.24. The van der Waals surface area contributed by atoms with Crippen LogP contribution in [0.2, 0.25) is 0 Å². The molecule has 0 aromatic carbocycles. The van der Waals surface area contributed by atoms with Gasteiger partial charge in [-0.1, -0.05) is 6.07 Å². The number of carbonyl (C=O) groups excluding carboxylic acids is 3. The number of amides is 2. The van der Waals surface area contributed by atoms with E-state index in [9.17, 15) is 14.4 Å². The molecule has 0 spiro atoms. The lowest BCUT2D eigenvalue weighted by Gasteiger charge is -2.14. The van der Waals surface area contributed by atoms with E-state index in [0.29, 0.717) is 5.82 Å². The van der Waals surface area contributed by atoms with Gasteiger partial charge in [0.2, 0.25) is 0 Å². The number of rotatable bonds is 5. The van der Waals surface area contributed by atoms with Crippen molar-refractivity contribution in [3.05, 3.63) is 24.4 Å². The number of nitrogens with one attached hydrogen (secondary N) is 2. The van der Waals surface area contributed by atoms with Gasteiger partial charge in [-0.2, -0.15) is 0 Å². The monoisotopic (exact) mass is 249 g/mol. The zero-order chi connectivity index (χ0) is 13.5. The van der Waals surface area contributed by atoms with Gasteiger partial charge in [-0.3, -0.25) is 14.9 Å². The third-order valence-corrected chi connectivity index (χ3v) is 2.19. The average Bonchev–Trinajstić information content (AvgIpc) is 2.28. The summed E-state index contributed by atoms with van der Waals surface area (Å²) in [6.07, 6.45) is 1.53. The van der Waals surface area contributed by atoms with Gasteiger partial charge in [0.15, 0.2) is 5.78 Å². The minimum atomic E-state index is -0.800. The summed E-state index contributed by atoms with van der Waals surface area (Å²) in [7, 11) is 0. The van der Waals surface area contributed by atoms with Crippen molar-refractivity contribution in [2.75, 3.05) is 5.32 Å². The first-order chi connectivity index (χ1) is 8.49. The fraction of sp³-hybridized carbons (Fsp3) is 0.333. The van der Waals surface area contributed by atoms with E-state index in [2.05, 4.69) is 15.6 Å². The number of aromatic nitrogens is 1. The summed E-state index contributed by atoms with van der Waals surface area (Å²) in [4.78, 5) is 37.7. The maximum atomic E-state index is 11.6. The van der Waals surface area contributed by atoms with Crippen LogP contribution in [0.25, 0.3) is 0 Å². The predicted octanol–water partition coefficient (Wildman–Crippen LogP) is 1.14. The lowest BCUT2D eigenvalue weighted by Crippen LogP contribution is -2.43. The maximum absolute atomic E-state index is 11.6. The number of pyridine rings is 1. The molecule has 0 fully saturated rings. The molecule has 1 aromatic heterocycles. The van der Waals surface area contributed by atoms with Crippen LogP contribution >= 0.6 is 0 Å². The second-order valence-corrected chi connectivity index (χ2v) is 3.88. The van der Waals surface area contributed by atoms with Gasteiger partial charge < -0.3 is 5.32 Å². The normalized spacial score (nSPS) is 11.4. The number of anilines is 1. The molecule has 96 valence electrons. The van der Waals surface area contributed by atoms with Crippen molar-refractivity contribution >= 4 is 23.4 Å². The number of urea groups is 1. The SMILES string of the molecule is CC(=O)CC(NC(=O)Nc1ccccn1)C(C)=O. The second kappa shape index (κ2) is 6.48. The van der Waals surface area contributed by atoms with Gasteiger partial charge in [0.25, 0.3) is 0 Å². The van der Waals surface area contributed by atoms with Crippen molar-refractivity contribution in [2.45, 2.75) is 26.3 Å². The molecule has 0 aliphatic carbocycles. The second-order valence-electron chi connectivity index (χ2n) is 3.88. The quantitative estimate of drug-likeness (QED) is 0.819. The highest BCUT2D eigenvalue weighted by molar-refractivity contribution is 5.95. The Balaban J connectivity index is 2.56. The summed E-state index contributed by atoms with van der Waals surface area (Å²) in [6, 6.07) is 3.70. The first kappa shape index (κ1) is 13.8. The molecular formula is C12H15N3O3. The summed E-state index contributed by atoms with van der Waals surface area (Å²) in [5, 5.41) is 4.91. The highest BCUT2D eigenvalue weighted by Gasteiger charge is 2.18. The molecule has 1 atom stereocenters. The summed E-state index contributed by atoms with van der Waals surface area (Å²) in [5.74, 6) is -0.0464. The van der Waals surface area contributed by atoms with Crippen LogP contribution in [0.4, 0.5) is 10.6 Å². The number of hydrogen-bond donors (Lipinski definition) is 2. The van der Waals surface area contributed by atoms with Crippen LogP contribution in [0.3, 0.4) is 0 Å². The van der Waals surface area contributed by atoms with E-state index in [-0.39, 0.29) is 18.0 Å². The smallest absolute Gasteiger partial charge is 0.321 e. The lowest BCUT2D eigenvalue weighted by atomic mass is 10.1. The largest absolute Gasteiger partial charge is 0.328 e. The molecule has 0 aliphatic heterocycles. The Morgan fingerprint density at radius 2 is 2.00 bits per heavy atom. The molecule has 6 heteroatoms. The molecule has 0 saturated heterocycles. The van der Waals surface area contributed by atoms with Crippen molar-refractivity contribution in [3.63, 3.8) is 0 Å². The summed E-state index contributed by atoms with van der Waals surface area (Å²) < 4.78 is 0. The topological polar surface area (TPSA) is 88.2 Å². The van der Waals surface area contributed by atoms with E-state index in [0.717, 1.165) is 0 Å². The van der Waals surface area contributed by atoms with E-state index >= 15 is 0 Å². The molecule has 1 aromatic rings. The summed E-state index contributed by atoms with van der Waals surface area (Å²) in [5.41, 5.74) is 0. The van der Waals surface area contributed by atoms with Crippen molar-refractivity contribution in [1.29, 1.82) is 0 Å². The fourth-order valence-corrected chi connectivity index (χ4v) is 1.33. The van der Waals surface area contributed by atoms with Crippen molar-refractivity contribution in [3.8, 4) is 0 Å². The van der Waals surface area contributed by atoms with E-state index in [1.807, 2.05) is 0 Å². The summed E-state index contributed by atoms with van der Waals surface area (Å²) in [6.45, 7) is 2.70. The number of Topliss-reactive ketones (excluding diaryl/α,β-unsaturated/α-hetero) is 2. The van der Waals surface area contributed by atoms with Crippen LogP contribution in [0.5, 0.6) is 0 Å². The lowest BCUT2D eigenvalue weighted by molar-refractivity contribution is -0.123. The third-order valence-electron chi connectivity index (χ3n) is 2.19. The van der Waals surface area contributed by atoms with Crippen LogP contribution in [0.1, 0.15) is 20.3 Å². The molecule has 0 aliphatic rings. The van der Waals surface area contributed by atoms with Crippen LogP contribution < -0.4 is 10.6 Å². The molecule has 2 amide bonds. The van der Waals surface area contributed by atoms with E-state index < -0.39 is 12.1 Å². The maximum Gasteiger partial charge on any atom is 0.321 e. The van der Waals surface area contributed by atoms with Crippen LogP contribution in [-0.4, -0.2) is 28.6 Å². The van der Waals surface area contributed by atoms with Gasteiger partial charge >= 0.3 is 6.03 Å². The molecule has 1 unspecified atom stereocenters. The van der Waals surface area contributed by atoms with Crippen molar-refractivity contribution in [2.24, 2.45) is 0 Å². The van der Waals surface area contributed by atoms with Crippen LogP contribution in [0, 0.1) is 0 Å². The number of hydrogen-bond acceptors (Lipinski definition) is 4. The zero-order valence-corrected chi connectivity index (χ0v) is 10.3. The molecule has 1 rings (SSSR count). The van der Waals surface area contributed by atoms with E-state index in [1.54, 1.807) is 18.2 Å². The number of ketones is 2. The average molecular weight is 249 g/mol. The minimum absolute atomic E-state index is 0.00896. The molecule has 18 heavy (non-hydrogen) atoms.